The second kappa shape index (κ2) is 6.72. The first-order chi connectivity index (χ1) is 9.56. The van der Waals surface area contributed by atoms with E-state index in [1.54, 1.807) is 0 Å². The third-order valence-corrected chi connectivity index (χ3v) is 5.18. The lowest BCUT2D eigenvalue weighted by molar-refractivity contribution is 0.0931. The van der Waals surface area contributed by atoms with Gasteiger partial charge in [0.15, 0.2) is 0 Å². The van der Waals surface area contributed by atoms with Gasteiger partial charge in [0.2, 0.25) is 0 Å². The van der Waals surface area contributed by atoms with Crippen LogP contribution in [0.4, 0.5) is 0 Å². The summed E-state index contributed by atoms with van der Waals surface area (Å²) in [7, 11) is 6.42. The fourth-order valence-electron chi connectivity index (χ4n) is 3.71. The molecule has 2 rings (SSSR count). The van der Waals surface area contributed by atoms with Crippen molar-refractivity contribution >= 4 is 0 Å². The van der Waals surface area contributed by atoms with Gasteiger partial charge in [-0.05, 0) is 45.8 Å². The van der Waals surface area contributed by atoms with E-state index in [9.17, 15) is 0 Å². The third kappa shape index (κ3) is 3.23. The van der Waals surface area contributed by atoms with Crippen LogP contribution < -0.4 is 5.73 Å². The highest BCUT2D eigenvalue weighted by Gasteiger charge is 2.38. The lowest BCUT2D eigenvalue weighted by Gasteiger charge is -2.44. The van der Waals surface area contributed by atoms with Crippen LogP contribution in [0.3, 0.4) is 0 Å². The van der Waals surface area contributed by atoms with E-state index in [0.717, 1.165) is 12.8 Å². The Bertz CT molecular complexity index is 402. The Morgan fingerprint density at radius 3 is 2.45 bits per heavy atom. The highest BCUT2D eigenvalue weighted by atomic mass is 15.3. The molecule has 0 spiro atoms. The zero-order chi connectivity index (χ0) is 14.6. The van der Waals surface area contributed by atoms with Gasteiger partial charge in [-0.1, -0.05) is 25.7 Å². The zero-order valence-corrected chi connectivity index (χ0v) is 13.3. The summed E-state index contributed by atoms with van der Waals surface area (Å²) in [6.45, 7) is 0. The molecule has 20 heavy (non-hydrogen) atoms. The first kappa shape index (κ1) is 15.5. The van der Waals surface area contributed by atoms with Crippen molar-refractivity contribution in [3.63, 3.8) is 0 Å². The molecule has 114 valence electrons. The fourth-order valence-corrected chi connectivity index (χ4v) is 3.71. The maximum Gasteiger partial charge on any atom is 0.0492 e. The molecule has 0 bridgehead atoms. The smallest absolute Gasteiger partial charge is 0.0492 e. The van der Waals surface area contributed by atoms with Gasteiger partial charge in [-0.15, -0.1) is 0 Å². The topological polar surface area (TPSA) is 47.1 Å². The van der Waals surface area contributed by atoms with Crippen molar-refractivity contribution in [2.45, 2.75) is 62.9 Å². The summed E-state index contributed by atoms with van der Waals surface area (Å²) in [5.74, 6) is 0. The lowest BCUT2D eigenvalue weighted by atomic mass is 9.79. The normalized spacial score (nSPS) is 20.9. The van der Waals surface area contributed by atoms with E-state index >= 15 is 0 Å². The van der Waals surface area contributed by atoms with Gasteiger partial charge in [0.25, 0.3) is 0 Å². The summed E-state index contributed by atoms with van der Waals surface area (Å²) < 4.78 is 1.96. The van der Waals surface area contributed by atoms with Gasteiger partial charge in [0.05, 0.1) is 0 Å². The van der Waals surface area contributed by atoms with E-state index < -0.39 is 0 Å². The molecule has 0 saturated heterocycles. The molecule has 0 amide bonds. The molecular formula is C16H30N4. The number of nitrogens with two attached hydrogens (primary N) is 1. The number of nitrogens with zero attached hydrogens (tertiary/aromatic N) is 3. The Kier molecular flexibility index (Phi) is 5.22. The highest BCUT2D eigenvalue weighted by Crippen LogP contribution is 2.34. The van der Waals surface area contributed by atoms with E-state index in [4.69, 9.17) is 5.73 Å². The minimum absolute atomic E-state index is 0.190. The first-order valence-electron chi connectivity index (χ1n) is 7.96. The molecule has 1 fully saturated rings. The number of likely N-dealkylation sites (N-methyl/N-ethyl adjacent to an activating group) is 1. The molecule has 2 N–H and O–H groups in total. The Hall–Kier alpha value is -0.870. The average Bonchev–Trinajstić information content (AvgIpc) is 2.67. The Morgan fingerprint density at radius 1 is 1.30 bits per heavy atom. The van der Waals surface area contributed by atoms with Crippen LogP contribution in [-0.4, -0.2) is 40.4 Å². The van der Waals surface area contributed by atoms with Gasteiger partial charge < -0.3 is 10.6 Å². The summed E-state index contributed by atoms with van der Waals surface area (Å²) in [4.78, 5) is 2.40. The Balaban J connectivity index is 2.03. The minimum Gasteiger partial charge on any atom is -0.326 e. The quantitative estimate of drug-likeness (QED) is 0.841. The van der Waals surface area contributed by atoms with Gasteiger partial charge in [0.1, 0.15) is 0 Å². The predicted octanol–water partition coefficient (Wildman–Crippen LogP) is 2.33. The summed E-state index contributed by atoms with van der Waals surface area (Å²) in [6.07, 6.45) is 11.8. The number of aromatic nitrogens is 2. The zero-order valence-electron chi connectivity index (χ0n) is 13.3. The Labute approximate surface area is 123 Å². The number of aryl methyl sites for hydroxylation is 2. The third-order valence-electron chi connectivity index (χ3n) is 5.18. The minimum atomic E-state index is 0.190. The second-order valence-electron chi connectivity index (χ2n) is 6.50. The van der Waals surface area contributed by atoms with Crippen molar-refractivity contribution < 1.29 is 0 Å². The highest BCUT2D eigenvalue weighted by molar-refractivity contribution is 5.04. The first-order valence-corrected chi connectivity index (χ1v) is 7.96. The molecule has 1 saturated carbocycles. The predicted molar refractivity (Wildman–Crippen MR) is 83.6 cm³/mol. The van der Waals surface area contributed by atoms with Gasteiger partial charge in [-0.25, -0.2) is 0 Å². The van der Waals surface area contributed by atoms with Crippen LogP contribution in [0.2, 0.25) is 0 Å². The number of hydrogen-bond donors (Lipinski definition) is 1. The summed E-state index contributed by atoms with van der Waals surface area (Å²) in [5.41, 5.74) is 8.12. The number of rotatable bonds is 5. The van der Waals surface area contributed by atoms with Crippen molar-refractivity contribution in [2.75, 3.05) is 14.1 Å². The molecule has 1 aromatic heterocycles. The molecule has 1 aliphatic rings. The molecule has 0 aliphatic heterocycles. The van der Waals surface area contributed by atoms with Crippen LogP contribution in [0.5, 0.6) is 0 Å². The van der Waals surface area contributed by atoms with Gasteiger partial charge in [0, 0.05) is 30.5 Å². The van der Waals surface area contributed by atoms with Crippen molar-refractivity contribution in [3.8, 4) is 0 Å². The molecule has 0 aromatic carbocycles. The number of hydrogen-bond acceptors (Lipinski definition) is 3. The van der Waals surface area contributed by atoms with Crippen LogP contribution in [0.1, 0.15) is 50.6 Å². The molecular weight excluding hydrogens is 248 g/mol. The van der Waals surface area contributed by atoms with Crippen LogP contribution in [0, 0.1) is 0 Å². The van der Waals surface area contributed by atoms with Crippen LogP contribution in [-0.2, 0) is 13.5 Å². The summed E-state index contributed by atoms with van der Waals surface area (Å²) in [6, 6.07) is 2.34. The van der Waals surface area contributed by atoms with Crippen LogP contribution in [0.15, 0.2) is 12.3 Å². The second-order valence-corrected chi connectivity index (χ2v) is 6.50. The molecule has 1 unspecified atom stereocenters. The van der Waals surface area contributed by atoms with E-state index in [1.807, 2.05) is 17.9 Å². The largest absolute Gasteiger partial charge is 0.326 e. The standard InChI is InChI=1S/C16H30N4/c1-19(2)16(11-6-4-5-7-12-16)15(17)9-8-14-10-13-18-20(14)3/h10,13,15H,4-9,11-12,17H2,1-3H3. The SMILES string of the molecule is CN(C)C1(C(N)CCc2ccnn2C)CCCCCC1. The van der Waals surface area contributed by atoms with E-state index in [1.165, 1.54) is 44.2 Å². The molecule has 1 aliphatic carbocycles. The molecule has 1 aromatic rings. The van der Waals surface area contributed by atoms with Gasteiger partial charge in [-0.3, -0.25) is 4.68 Å². The fraction of sp³-hybridized carbons (Fsp3) is 0.812. The van der Waals surface area contributed by atoms with Crippen molar-refractivity contribution in [1.82, 2.24) is 14.7 Å². The summed E-state index contributed by atoms with van der Waals surface area (Å²) in [5, 5.41) is 4.24. The Morgan fingerprint density at radius 2 is 1.95 bits per heavy atom. The van der Waals surface area contributed by atoms with Crippen molar-refractivity contribution in [2.24, 2.45) is 12.8 Å². The van der Waals surface area contributed by atoms with E-state index in [-0.39, 0.29) is 11.6 Å². The average molecular weight is 278 g/mol. The van der Waals surface area contributed by atoms with Crippen molar-refractivity contribution in [3.05, 3.63) is 18.0 Å². The molecule has 0 radical (unpaired) electrons. The molecule has 1 atom stereocenters. The van der Waals surface area contributed by atoms with E-state index in [0.29, 0.717) is 0 Å². The maximum absolute atomic E-state index is 6.65. The lowest BCUT2D eigenvalue weighted by Crippen LogP contribution is -2.57. The monoisotopic (exact) mass is 278 g/mol. The maximum atomic E-state index is 6.65. The van der Waals surface area contributed by atoms with E-state index in [2.05, 4.69) is 30.2 Å². The van der Waals surface area contributed by atoms with Gasteiger partial charge in [-0.2, -0.15) is 5.10 Å². The van der Waals surface area contributed by atoms with Crippen LogP contribution >= 0.6 is 0 Å². The van der Waals surface area contributed by atoms with Crippen LogP contribution in [0.25, 0.3) is 0 Å². The summed E-state index contributed by atoms with van der Waals surface area (Å²) >= 11 is 0. The molecule has 4 nitrogen and oxygen atoms in total. The van der Waals surface area contributed by atoms with Gasteiger partial charge >= 0.3 is 0 Å². The molecule has 4 heteroatoms. The molecule has 1 heterocycles. The van der Waals surface area contributed by atoms with Crippen molar-refractivity contribution in [1.29, 1.82) is 0 Å².